The van der Waals surface area contributed by atoms with Crippen LogP contribution in [0.3, 0.4) is 0 Å². The number of nitrogens with zero attached hydrogens (tertiary/aromatic N) is 2. The number of hydrogen-bond donors (Lipinski definition) is 1. The van der Waals surface area contributed by atoms with Gasteiger partial charge >= 0.3 is 0 Å². The molecule has 96 valence electrons. The van der Waals surface area contributed by atoms with E-state index in [4.69, 9.17) is 10.5 Å². The lowest BCUT2D eigenvalue weighted by molar-refractivity contribution is 0.386. The average molecular weight is 285 g/mol. The first-order valence-electron chi connectivity index (χ1n) is 5.19. The zero-order valence-corrected chi connectivity index (χ0v) is 11.3. The molecule has 1 unspecified atom stereocenters. The van der Waals surface area contributed by atoms with Crippen LogP contribution >= 0.6 is 23.3 Å². The number of halogens is 1. The highest BCUT2D eigenvalue weighted by molar-refractivity contribution is 8.00. The quantitative estimate of drug-likeness (QED) is 0.855. The topological polar surface area (TPSA) is 61.0 Å². The highest BCUT2D eigenvalue weighted by Crippen LogP contribution is 2.26. The van der Waals surface area contributed by atoms with Crippen LogP contribution < -0.4 is 10.5 Å². The third kappa shape index (κ3) is 3.18. The van der Waals surface area contributed by atoms with E-state index in [0.29, 0.717) is 5.75 Å². The Balaban J connectivity index is 2.00. The fraction of sp³-hybridized carbons (Fsp3) is 0.273. The molecule has 4 nitrogen and oxygen atoms in total. The van der Waals surface area contributed by atoms with E-state index in [2.05, 4.69) is 9.36 Å². The van der Waals surface area contributed by atoms with Gasteiger partial charge < -0.3 is 10.5 Å². The van der Waals surface area contributed by atoms with E-state index in [9.17, 15) is 4.39 Å². The first-order chi connectivity index (χ1) is 8.70. The maximum atomic E-state index is 13.5. The van der Waals surface area contributed by atoms with Gasteiger partial charge in [0, 0.05) is 11.8 Å². The molecule has 7 heteroatoms. The van der Waals surface area contributed by atoms with Gasteiger partial charge in [0.1, 0.15) is 6.33 Å². The van der Waals surface area contributed by atoms with Crippen LogP contribution in [0.25, 0.3) is 0 Å². The molecule has 0 aliphatic carbocycles. The highest BCUT2D eigenvalue weighted by atomic mass is 32.2. The summed E-state index contributed by atoms with van der Waals surface area (Å²) in [5.41, 5.74) is 6.74. The number of rotatable bonds is 5. The lowest BCUT2D eigenvalue weighted by atomic mass is 10.1. The van der Waals surface area contributed by atoms with Crippen LogP contribution in [0.4, 0.5) is 4.39 Å². The predicted molar refractivity (Wildman–Crippen MR) is 70.5 cm³/mol. The minimum atomic E-state index is -0.397. The van der Waals surface area contributed by atoms with Gasteiger partial charge in [0.15, 0.2) is 15.9 Å². The lowest BCUT2D eigenvalue weighted by Crippen LogP contribution is -2.13. The number of thioether (sulfide) groups is 1. The Morgan fingerprint density at radius 3 is 3.00 bits per heavy atom. The van der Waals surface area contributed by atoms with Crippen LogP contribution in [-0.4, -0.2) is 22.2 Å². The summed E-state index contributed by atoms with van der Waals surface area (Å²) in [6, 6.07) is 4.51. The zero-order valence-electron chi connectivity index (χ0n) is 9.67. The third-order valence-corrected chi connectivity index (χ3v) is 4.25. The van der Waals surface area contributed by atoms with E-state index in [1.807, 2.05) is 0 Å². The number of aromatic nitrogens is 2. The number of hydrogen-bond acceptors (Lipinski definition) is 6. The molecule has 2 N–H and O–H groups in total. The maximum Gasteiger partial charge on any atom is 0.169 e. The molecular formula is C11H12FN3OS2. The fourth-order valence-corrected chi connectivity index (χ4v) is 2.86. The second-order valence-corrected chi connectivity index (χ2v) is 5.57. The molecule has 0 bridgehead atoms. The van der Waals surface area contributed by atoms with Crippen LogP contribution in [0.15, 0.2) is 28.9 Å². The minimum Gasteiger partial charge on any atom is -0.494 e. The Hall–Kier alpha value is -1.18. The number of methoxy groups -OCH3 is 1. The molecular weight excluding hydrogens is 273 g/mol. The molecule has 1 heterocycles. The Bertz CT molecular complexity index is 507. The second-order valence-electron chi connectivity index (χ2n) is 3.52. The molecule has 1 aromatic carbocycles. The Morgan fingerprint density at radius 2 is 2.39 bits per heavy atom. The summed E-state index contributed by atoms with van der Waals surface area (Å²) in [6.07, 6.45) is 1.51. The molecule has 0 amide bonds. The molecule has 0 spiro atoms. The zero-order chi connectivity index (χ0) is 13.0. The van der Waals surface area contributed by atoms with Gasteiger partial charge in [0.05, 0.1) is 7.11 Å². The number of nitrogens with two attached hydrogens (primary N) is 1. The Kier molecular flexibility index (Phi) is 4.51. The molecule has 0 aliphatic heterocycles. The number of benzene rings is 1. The Labute approximate surface area is 113 Å². The van der Waals surface area contributed by atoms with Crippen LogP contribution in [-0.2, 0) is 0 Å². The summed E-state index contributed by atoms with van der Waals surface area (Å²) < 4.78 is 23.1. The van der Waals surface area contributed by atoms with Gasteiger partial charge in [-0.25, -0.2) is 9.37 Å². The van der Waals surface area contributed by atoms with E-state index in [1.54, 1.807) is 12.1 Å². The minimum absolute atomic E-state index is 0.225. The monoisotopic (exact) mass is 285 g/mol. The number of ether oxygens (including phenoxy) is 1. The largest absolute Gasteiger partial charge is 0.494 e. The molecule has 0 radical (unpaired) electrons. The van der Waals surface area contributed by atoms with E-state index in [0.717, 1.165) is 9.90 Å². The standard InChI is InChI=1S/C11H12FN3OS2/c1-16-10-3-2-7(4-8(10)12)9(13)5-17-11-14-6-15-18-11/h2-4,6,9H,5,13H2,1H3. The van der Waals surface area contributed by atoms with Crippen LogP contribution in [0.2, 0.25) is 0 Å². The van der Waals surface area contributed by atoms with Gasteiger partial charge in [-0.3, -0.25) is 0 Å². The van der Waals surface area contributed by atoms with Crippen molar-refractivity contribution in [2.24, 2.45) is 5.73 Å². The van der Waals surface area contributed by atoms with Crippen LogP contribution in [0, 0.1) is 5.82 Å². The molecule has 0 saturated carbocycles. The van der Waals surface area contributed by atoms with Gasteiger partial charge in [-0.15, -0.1) is 0 Å². The predicted octanol–water partition coefficient (Wildman–Crippen LogP) is 2.48. The van der Waals surface area contributed by atoms with Crippen molar-refractivity contribution in [1.82, 2.24) is 9.36 Å². The van der Waals surface area contributed by atoms with E-state index < -0.39 is 5.82 Å². The van der Waals surface area contributed by atoms with Gasteiger partial charge in [0.25, 0.3) is 0 Å². The molecule has 2 aromatic rings. The SMILES string of the molecule is COc1ccc(C(N)CSc2ncns2)cc1F. The molecule has 2 rings (SSSR count). The normalized spacial score (nSPS) is 12.4. The molecule has 1 aromatic heterocycles. The summed E-state index contributed by atoms with van der Waals surface area (Å²) in [5, 5.41) is 0. The summed E-state index contributed by atoms with van der Waals surface area (Å²) in [7, 11) is 1.43. The first-order valence-corrected chi connectivity index (χ1v) is 6.95. The fourth-order valence-electron chi connectivity index (χ4n) is 1.40. The average Bonchev–Trinajstić information content (AvgIpc) is 2.89. The molecule has 0 aliphatic rings. The summed E-state index contributed by atoms with van der Waals surface area (Å²) in [5.74, 6) is 0.454. The van der Waals surface area contributed by atoms with Gasteiger partial charge in [-0.05, 0) is 29.2 Å². The van der Waals surface area contributed by atoms with Crippen LogP contribution in [0.1, 0.15) is 11.6 Å². The maximum absolute atomic E-state index is 13.5. The van der Waals surface area contributed by atoms with Crippen molar-refractivity contribution in [3.63, 3.8) is 0 Å². The smallest absolute Gasteiger partial charge is 0.169 e. The van der Waals surface area contributed by atoms with Gasteiger partial charge in [-0.1, -0.05) is 17.8 Å². The summed E-state index contributed by atoms with van der Waals surface area (Å²) >= 11 is 2.83. The van der Waals surface area contributed by atoms with Gasteiger partial charge in [-0.2, -0.15) is 4.37 Å². The molecule has 0 fully saturated rings. The van der Waals surface area contributed by atoms with Crippen molar-refractivity contribution in [3.8, 4) is 5.75 Å². The van der Waals surface area contributed by atoms with Crippen molar-refractivity contribution in [2.45, 2.75) is 10.4 Å². The van der Waals surface area contributed by atoms with E-state index in [1.165, 1.54) is 42.8 Å². The Morgan fingerprint density at radius 1 is 1.56 bits per heavy atom. The van der Waals surface area contributed by atoms with Crippen molar-refractivity contribution in [3.05, 3.63) is 35.9 Å². The highest BCUT2D eigenvalue weighted by Gasteiger charge is 2.11. The summed E-state index contributed by atoms with van der Waals surface area (Å²) in [6.45, 7) is 0. The molecule has 0 saturated heterocycles. The van der Waals surface area contributed by atoms with Crippen molar-refractivity contribution >= 4 is 23.3 Å². The first kappa shape index (κ1) is 13.3. The molecule has 18 heavy (non-hydrogen) atoms. The van der Waals surface area contributed by atoms with Crippen molar-refractivity contribution in [1.29, 1.82) is 0 Å². The second kappa shape index (κ2) is 6.12. The van der Waals surface area contributed by atoms with Crippen LogP contribution in [0.5, 0.6) is 5.75 Å². The third-order valence-electron chi connectivity index (χ3n) is 2.33. The van der Waals surface area contributed by atoms with Crippen molar-refractivity contribution in [2.75, 3.05) is 12.9 Å². The summed E-state index contributed by atoms with van der Waals surface area (Å²) in [4.78, 5) is 4.05. The van der Waals surface area contributed by atoms with Gasteiger partial charge in [0.2, 0.25) is 0 Å². The van der Waals surface area contributed by atoms with E-state index >= 15 is 0 Å². The van der Waals surface area contributed by atoms with Crippen molar-refractivity contribution < 1.29 is 9.13 Å². The molecule has 1 atom stereocenters. The van der Waals surface area contributed by atoms with E-state index in [-0.39, 0.29) is 11.8 Å². The lowest BCUT2D eigenvalue weighted by Gasteiger charge is -2.11.